The molecule has 0 aromatic heterocycles. The van der Waals surface area contributed by atoms with Crippen LogP contribution in [0.5, 0.6) is 11.5 Å². The number of aryl methyl sites for hydroxylation is 1. The number of rotatable bonds is 3. The Bertz CT molecular complexity index is 330. The van der Waals surface area contributed by atoms with E-state index in [0.29, 0.717) is 12.4 Å². The van der Waals surface area contributed by atoms with Gasteiger partial charge in [0, 0.05) is 0 Å². The van der Waals surface area contributed by atoms with Gasteiger partial charge in [0.05, 0.1) is 6.61 Å². The molecule has 1 aromatic carbocycles. The molecule has 0 spiro atoms. The maximum atomic E-state index is 9.82. The van der Waals surface area contributed by atoms with E-state index in [1.54, 1.807) is 0 Å². The van der Waals surface area contributed by atoms with Gasteiger partial charge in [-0.15, -0.1) is 0 Å². The van der Waals surface area contributed by atoms with Crippen molar-refractivity contribution in [1.82, 2.24) is 0 Å². The molecule has 2 nitrogen and oxygen atoms in total. The highest BCUT2D eigenvalue weighted by Gasteiger charge is 2.10. The van der Waals surface area contributed by atoms with Gasteiger partial charge in [0.1, 0.15) is 11.5 Å². The van der Waals surface area contributed by atoms with Gasteiger partial charge >= 0.3 is 0 Å². The van der Waals surface area contributed by atoms with E-state index in [1.807, 2.05) is 33.8 Å². The zero-order valence-corrected chi connectivity index (χ0v) is 9.35. The standard InChI is InChI=1S/C12H18O2/c1-5-10-7-11(14-6-2)8(3)9(4)12(10)13/h7,13H,5-6H2,1-4H3. The Morgan fingerprint density at radius 3 is 2.36 bits per heavy atom. The molecule has 0 heterocycles. The van der Waals surface area contributed by atoms with Gasteiger partial charge < -0.3 is 9.84 Å². The van der Waals surface area contributed by atoms with E-state index < -0.39 is 0 Å². The third-order valence-electron chi connectivity index (χ3n) is 2.58. The fourth-order valence-corrected chi connectivity index (χ4v) is 1.51. The first-order valence-electron chi connectivity index (χ1n) is 5.06. The molecule has 0 saturated carbocycles. The van der Waals surface area contributed by atoms with E-state index in [2.05, 4.69) is 0 Å². The highest BCUT2D eigenvalue weighted by atomic mass is 16.5. The van der Waals surface area contributed by atoms with Gasteiger partial charge in [-0.2, -0.15) is 0 Å². The van der Waals surface area contributed by atoms with Crippen molar-refractivity contribution in [2.45, 2.75) is 34.1 Å². The monoisotopic (exact) mass is 194 g/mol. The van der Waals surface area contributed by atoms with Crippen LogP contribution in [-0.4, -0.2) is 11.7 Å². The Hall–Kier alpha value is -1.18. The summed E-state index contributed by atoms with van der Waals surface area (Å²) >= 11 is 0. The maximum Gasteiger partial charge on any atom is 0.122 e. The summed E-state index contributed by atoms with van der Waals surface area (Å²) in [5.74, 6) is 1.30. The summed E-state index contributed by atoms with van der Waals surface area (Å²) in [4.78, 5) is 0. The molecule has 1 aromatic rings. The Balaban J connectivity index is 3.25. The van der Waals surface area contributed by atoms with Crippen molar-refractivity contribution < 1.29 is 9.84 Å². The van der Waals surface area contributed by atoms with E-state index in [0.717, 1.165) is 28.9 Å². The molecule has 1 N–H and O–H groups in total. The molecule has 0 aliphatic rings. The molecule has 14 heavy (non-hydrogen) atoms. The predicted octanol–water partition coefficient (Wildman–Crippen LogP) is 2.97. The van der Waals surface area contributed by atoms with Crippen molar-refractivity contribution in [2.24, 2.45) is 0 Å². The van der Waals surface area contributed by atoms with Gasteiger partial charge in [-0.25, -0.2) is 0 Å². The SMILES string of the molecule is CCOc1cc(CC)c(O)c(C)c1C. The number of hydrogen-bond donors (Lipinski definition) is 1. The minimum Gasteiger partial charge on any atom is -0.507 e. The third-order valence-corrected chi connectivity index (χ3v) is 2.58. The molecule has 0 radical (unpaired) electrons. The summed E-state index contributed by atoms with van der Waals surface area (Å²) in [5, 5.41) is 9.82. The van der Waals surface area contributed by atoms with Crippen molar-refractivity contribution in [3.8, 4) is 11.5 Å². The van der Waals surface area contributed by atoms with Gasteiger partial charge in [-0.3, -0.25) is 0 Å². The molecular weight excluding hydrogens is 176 g/mol. The molecule has 0 amide bonds. The van der Waals surface area contributed by atoms with E-state index in [1.165, 1.54) is 0 Å². The number of aromatic hydroxyl groups is 1. The topological polar surface area (TPSA) is 29.5 Å². The normalized spacial score (nSPS) is 10.3. The Kier molecular flexibility index (Phi) is 3.39. The number of phenols is 1. The highest BCUT2D eigenvalue weighted by Crippen LogP contribution is 2.32. The largest absolute Gasteiger partial charge is 0.507 e. The van der Waals surface area contributed by atoms with Gasteiger partial charge in [-0.1, -0.05) is 6.92 Å². The molecule has 0 fully saturated rings. The van der Waals surface area contributed by atoms with Crippen LogP contribution in [0.2, 0.25) is 0 Å². The smallest absolute Gasteiger partial charge is 0.122 e. The molecule has 0 atom stereocenters. The average molecular weight is 194 g/mol. The van der Waals surface area contributed by atoms with Crippen LogP contribution in [0, 0.1) is 13.8 Å². The van der Waals surface area contributed by atoms with Gasteiger partial charge in [0.15, 0.2) is 0 Å². The minimum absolute atomic E-state index is 0.411. The number of benzene rings is 1. The second-order valence-corrected chi connectivity index (χ2v) is 3.42. The second kappa shape index (κ2) is 4.36. The van der Waals surface area contributed by atoms with E-state index in [9.17, 15) is 5.11 Å². The second-order valence-electron chi connectivity index (χ2n) is 3.42. The lowest BCUT2D eigenvalue weighted by Gasteiger charge is -2.14. The number of ether oxygens (including phenoxy) is 1. The van der Waals surface area contributed by atoms with Crippen LogP contribution < -0.4 is 4.74 Å². The molecule has 0 unspecified atom stereocenters. The molecule has 0 saturated heterocycles. The van der Waals surface area contributed by atoms with Gasteiger partial charge in [0.25, 0.3) is 0 Å². The van der Waals surface area contributed by atoms with Crippen molar-refractivity contribution in [3.05, 3.63) is 22.8 Å². The highest BCUT2D eigenvalue weighted by molar-refractivity contribution is 5.51. The van der Waals surface area contributed by atoms with Crippen LogP contribution in [0.4, 0.5) is 0 Å². The van der Waals surface area contributed by atoms with Gasteiger partial charge in [-0.05, 0) is 49.9 Å². The number of hydrogen-bond acceptors (Lipinski definition) is 2. The Labute approximate surface area is 85.5 Å². The van der Waals surface area contributed by atoms with Crippen LogP contribution in [0.25, 0.3) is 0 Å². The van der Waals surface area contributed by atoms with Crippen molar-refractivity contribution >= 4 is 0 Å². The summed E-state index contributed by atoms with van der Waals surface area (Å²) in [6.07, 6.45) is 0.826. The van der Waals surface area contributed by atoms with Crippen molar-refractivity contribution in [2.75, 3.05) is 6.61 Å². The Morgan fingerprint density at radius 2 is 1.86 bits per heavy atom. The summed E-state index contributed by atoms with van der Waals surface area (Å²) in [6.45, 7) is 8.55. The zero-order chi connectivity index (χ0) is 10.7. The van der Waals surface area contributed by atoms with E-state index in [-0.39, 0.29) is 0 Å². The molecule has 78 valence electrons. The minimum atomic E-state index is 0.411. The predicted molar refractivity (Wildman–Crippen MR) is 58.1 cm³/mol. The van der Waals surface area contributed by atoms with E-state index in [4.69, 9.17) is 4.74 Å². The van der Waals surface area contributed by atoms with Crippen LogP contribution in [-0.2, 0) is 6.42 Å². The lowest BCUT2D eigenvalue weighted by Crippen LogP contribution is -1.98. The van der Waals surface area contributed by atoms with Crippen LogP contribution >= 0.6 is 0 Å². The molecule has 0 aliphatic heterocycles. The first-order valence-corrected chi connectivity index (χ1v) is 5.06. The summed E-state index contributed by atoms with van der Waals surface area (Å²) in [5.41, 5.74) is 2.91. The fourth-order valence-electron chi connectivity index (χ4n) is 1.51. The van der Waals surface area contributed by atoms with Crippen LogP contribution in [0.1, 0.15) is 30.5 Å². The molecular formula is C12H18O2. The fraction of sp³-hybridized carbons (Fsp3) is 0.500. The lowest BCUT2D eigenvalue weighted by molar-refractivity contribution is 0.336. The van der Waals surface area contributed by atoms with Crippen molar-refractivity contribution in [3.63, 3.8) is 0 Å². The molecule has 1 rings (SSSR count). The first-order chi connectivity index (χ1) is 6.61. The molecule has 0 aliphatic carbocycles. The maximum absolute atomic E-state index is 9.82. The summed E-state index contributed by atoms with van der Waals surface area (Å²) in [7, 11) is 0. The lowest BCUT2D eigenvalue weighted by atomic mass is 10.0. The van der Waals surface area contributed by atoms with Crippen molar-refractivity contribution in [1.29, 1.82) is 0 Å². The van der Waals surface area contributed by atoms with Gasteiger partial charge in [0.2, 0.25) is 0 Å². The third kappa shape index (κ3) is 1.84. The van der Waals surface area contributed by atoms with E-state index >= 15 is 0 Å². The summed E-state index contributed by atoms with van der Waals surface area (Å²) < 4.78 is 5.50. The zero-order valence-electron chi connectivity index (χ0n) is 9.35. The summed E-state index contributed by atoms with van der Waals surface area (Å²) in [6, 6.07) is 1.93. The molecule has 2 heteroatoms. The number of phenolic OH excluding ortho intramolecular Hbond substituents is 1. The first kappa shape index (κ1) is 10.9. The van der Waals surface area contributed by atoms with Crippen LogP contribution in [0.15, 0.2) is 6.07 Å². The average Bonchev–Trinajstić information content (AvgIpc) is 2.19. The quantitative estimate of drug-likeness (QED) is 0.801. The van der Waals surface area contributed by atoms with Crippen LogP contribution in [0.3, 0.4) is 0 Å². The Morgan fingerprint density at radius 1 is 1.21 bits per heavy atom. The molecule has 0 bridgehead atoms.